The summed E-state index contributed by atoms with van der Waals surface area (Å²) >= 11 is 0. The van der Waals surface area contributed by atoms with E-state index < -0.39 is 17.5 Å². The first-order valence-corrected chi connectivity index (χ1v) is 13.5. The van der Waals surface area contributed by atoms with Crippen molar-refractivity contribution in [2.24, 2.45) is 5.92 Å². The summed E-state index contributed by atoms with van der Waals surface area (Å²) in [6.45, 7) is 0.156. The lowest BCUT2D eigenvalue weighted by Crippen LogP contribution is -2.48. The first kappa shape index (κ1) is 28.5. The van der Waals surface area contributed by atoms with Gasteiger partial charge < -0.3 is 14.2 Å². The number of nitrogens with zero attached hydrogens (tertiary/aromatic N) is 5. The van der Waals surface area contributed by atoms with E-state index in [1.165, 1.54) is 24.1 Å². The summed E-state index contributed by atoms with van der Waals surface area (Å²) in [6.07, 6.45) is 1.98. The normalized spacial score (nSPS) is 16.5. The van der Waals surface area contributed by atoms with Crippen LogP contribution in [0.1, 0.15) is 31.2 Å². The Kier molecular flexibility index (Phi) is 8.60. The number of esters is 1. The summed E-state index contributed by atoms with van der Waals surface area (Å²) in [5.41, 5.74) is 0.215. The van der Waals surface area contributed by atoms with E-state index in [0.717, 1.165) is 17.4 Å². The largest absolute Gasteiger partial charge is 0.497 e. The summed E-state index contributed by atoms with van der Waals surface area (Å²) in [5.74, 6) is -0.580. The highest BCUT2D eigenvalue weighted by Crippen LogP contribution is 2.32. The van der Waals surface area contributed by atoms with Crippen molar-refractivity contribution in [1.82, 2.24) is 19.8 Å². The monoisotopic (exact) mass is 575 g/mol. The summed E-state index contributed by atoms with van der Waals surface area (Å²) in [5, 5.41) is 7.55. The SMILES string of the molecule is COc1ccc(COC(=O)C2CCC(N(C(=O)n3nnn(-c4c(F)cccc4OC)c3=O)c3ccccc3)CC2)cc1. The zero-order valence-corrected chi connectivity index (χ0v) is 23.2. The number of rotatable bonds is 8. The molecule has 1 aromatic heterocycles. The van der Waals surface area contributed by atoms with Crippen LogP contribution in [0.2, 0.25) is 0 Å². The van der Waals surface area contributed by atoms with E-state index in [1.807, 2.05) is 18.2 Å². The van der Waals surface area contributed by atoms with Crippen molar-refractivity contribution in [2.75, 3.05) is 19.1 Å². The molecule has 11 nitrogen and oxygen atoms in total. The van der Waals surface area contributed by atoms with Gasteiger partial charge >= 0.3 is 17.7 Å². The molecule has 0 bridgehead atoms. The topological polar surface area (TPSA) is 118 Å². The maximum absolute atomic E-state index is 14.7. The third-order valence-corrected chi connectivity index (χ3v) is 7.32. The summed E-state index contributed by atoms with van der Waals surface area (Å²) in [6, 6.07) is 19.2. The Morgan fingerprint density at radius 2 is 1.62 bits per heavy atom. The lowest BCUT2D eigenvalue weighted by molar-refractivity contribution is -0.151. The first-order chi connectivity index (χ1) is 20.4. The highest BCUT2D eigenvalue weighted by molar-refractivity contribution is 5.93. The smallest absolute Gasteiger partial charge is 0.377 e. The van der Waals surface area contributed by atoms with Crippen LogP contribution in [0.25, 0.3) is 5.69 Å². The van der Waals surface area contributed by atoms with Gasteiger partial charge in [-0.25, -0.2) is 14.0 Å². The van der Waals surface area contributed by atoms with Gasteiger partial charge in [-0.1, -0.05) is 36.4 Å². The van der Waals surface area contributed by atoms with Gasteiger partial charge in [0.2, 0.25) is 0 Å². The van der Waals surface area contributed by atoms with E-state index in [1.54, 1.807) is 43.5 Å². The minimum absolute atomic E-state index is 0.0636. The Morgan fingerprint density at radius 1 is 0.905 bits per heavy atom. The molecular weight excluding hydrogens is 545 g/mol. The number of aromatic nitrogens is 4. The molecule has 0 radical (unpaired) electrons. The number of amides is 1. The van der Waals surface area contributed by atoms with E-state index in [-0.39, 0.29) is 36.0 Å². The van der Waals surface area contributed by atoms with Crippen molar-refractivity contribution in [1.29, 1.82) is 0 Å². The molecule has 0 unspecified atom stereocenters. The number of methoxy groups -OCH3 is 2. The molecule has 12 heteroatoms. The number of ether oxygens (including phenoxy) is 3. The summed E-state index contributed by atoms with van der Waals surface area (Å²) < 4.78 is 31.9. The van der Waals surface area contributed by atoms with Gasteiger partial charge in [-0.3, -0.25) is 9.69 Å². The van der Waals surface area contributed by atoms with E-state index >= 15 is 0 Å². The molecule has 0 atom stereocenters. The first-order valence-electron chi connectivity index (χ1n) is 13.5. The zero-order chi connectivity index (χ0) is 29.6. The van der Waals surface area contributed by atoms with Crippen molar-refractivity contribution in [3.05, 3.63) is 94.7 Å². The van der Waals surface area contributed by atoms with Crippen molar-refractivity contribution < 1.29 is 28.2 Å². The van der Waals surface area contributed by atoms with Crippen LogP contribution in [-0.2, 0) is 16.1 Å². The highest BCUT2D eigenvalue weighted by atomic mass is 19.1. The van der Waals surface area contributed by atoms with Crippen LogP contribution in [0, 0.1) is 11.7 Å². The number of tetrazole rings is 1. The molecule has 1 aliphatic rings. The molecule has 1 aliphatic carbocycles. The Balaban J connectivity index is 1.32. The predicted octanol–water partition coefficient (Wildman–Crippen LogP) is 4.36. The number of para-hydroxylation sites is 2. The van der Waals surface area contributed by atoms with Crippen LogP contribution in [0.3, 0.4) is 0 Å². The van der Waals surface area contributed by atoms with Crippen LogP contribution < -0.4 is 20.1 Å². The van der Waals surface area contributed by atoms with Crippen LogP contribution in [0.5, 0.6) is 11.5 Å². The summed E-state index contributed by atoms with van der Waals surface area (Å²) in [4.78, 5) is 41.4. The van der Waals surface area contributed by atoms with Gasteiger partial charge in [0.1, 0.15) is 23.8 Å². The van der Waals surface area contributed by atoms with Crippen molar-refractivity contribution in [3.8, 4) is 17.2 Å². The Hall–Kier alpha value is -5.00. The molecule has 3 aromatic carbocycles. The second kappa shape index (κ2) is 12.7. The Morgan fingerprint density at radius 3 is 2.29 bits per heavy atom. The third kappa shape index (κ3) is 5.87. The molecule has 42 heavy (non-hydrogen) atoms. The number of carbonyl (C=O) groups is 2. The second-order valence-corrected chi connectivity index (χ2v) is 9.83. The van der Waals surface area contributed by atoms with Gasteiger partial charge in [0, 0.05) is 11.7 Å². The number of anilines is 1. The average Bonchev–Trinajstić information content (AvgIpc) is 3.41. The molecule has 0 aliphatic heterocycles. The molecule has 0 saturated heterocycles. The molecule has 218 valence electrons. The minimum Gasteiger partial charge on any atom is -0.497 e. The molecule has 1 heterocycles. The fraction of sp³-hybridized carbons (Fsp3) is 0.300. The van der Waals surface area contributed by atoms with Crippen molar-refractivity contribution in [2.45, 2.75) is 38.3 Å². The van der Waals surface area contributed by atoms with Crippen LogP contribution in [-0.4, -0.2) is 52.1 Å². The molecule has 4 aromatic rings. The molecule has 1 fully saturated rings. The Bertz CT molecular complexity index is 1600. The standard InChI is InChI=1S/C30H30FN5O6/c1-40-24-17-11-20(12-18-24)19-42-28(37)21-13-15-23(16-14-21)34(22-7-4-3-5-8-22)29(38)36-30(39)35(32-33-36)27-25(31)9-6-10-26(27)41-2/h3-12,17-18,21,23H,13-16,19H2,1-2H3. The third-order valence-electron chi connectivity index (χ3n) is 7.32. The molecule has 0 N–H and O–H groups in total. The van der Waals surface area contributed by atoms with Crippen LogP contribution in [0.4, 0.5) is 14.9 Å². The van der Waals surface area contributed by atoms with E-state index in [0.29, 0.717) is 40.7 Å². The number of halogens is 1. The minimum atomic E-state index is -0.944. The van der Waals surface area contributed by atoms with Crippen LogP contribution >= 0.6 is 0 Å². The fourth-order valence-electron chi connectivity index (χ4n) is 5.10. The molecule has 1 amide bonds. The molecular formula is C30H30FN5O6. The average molecular weight is 576 g/mol. The van der Waals surface area contributed by atoms with Gasteiger partial charge in [0.05, 0.1) is 20.1 Å². The lowest BCUT2D eigenvalue weighted by atomic mass is 9.85. The molecule has 0 spiro atoms. The van der Waals surface area contributed by atoms with E-state index in [4.69, 9.17) is 14.2 Å². The van der Waals surface area contributed by atoms with E-state index in [2.05, 4.69) is 10.4 Å². The lowest BCUT2D eigenvalue weighted by Gasteiger charge is -2.35. The van der Waals surface area contributed by atoms with Gasteiger partial charge in [-0.15, -0.1) is 4.68 Å². The van der Waals surface area contributed by atoms with E-state index in [9.17, 15) is 18.8 Å². The van der Waals surface area contributed by atoms with Gasteiger partial charge in [-0.2, -0.15) is 4.68 Å². The van der Waals surface area contributed by atoms with Gasteiger partial charge in [0.25, 0.3) is 0 Å². The molecule has 1 saturated carbocycles. The van der Waals surface area contributed by atoms with Crippen molar-refractivity contribution >= 4 is 17.7 Å². The highest BCUT2D eigenvalue weighted by Gasteiger charge is 2.35. The number of hydrogen-bond donors (Lipinski definition) is 0. The summed E-state index contributed by atoms with van der Waals surface area (Å²) in [7, 11) is 2.92. The maximum atomic E-state index is 14.7. The molecule has 5 rings (SSSR count). The van der Waals surface area contributed by atoms with Crippen LogP contribution in [0.15, 0.2) is 77.6 Å². The quantitative estimate of drug-likeness (QED) is 0.225. The zero-order valence-electron chi connectivity index (χ0n) is 23.2. The van der Waals surface area contributed by atoms with Gasteiger partial charge in [0.15, 0.2) is 5.82 Å². The Labute approximate surface area is 241 Å². The van der Waals surface area contributed by atoms with Gasteiger partial charge in [-0.05, 0) is 78.1 Å². The maximum Gasteiger partial charge on any atom is 0.377 e. The number of carbonyl (C=O) groups excluding carboxylic acids is 2. The number of hydrogen-bond acceptors (Lipinski definition) is 8. The van der Waals surface area contributed by atoms with Crippen molar-refractivity contribution in [3.63, 3.8) is 0 Å². The predicted molar refractivity (Wildman–Crippen MR) is 150 cm³/mol. The second-order valence-electron chi connectivity index (χ2n) is 9.83. The fourth-order valence-corrected chi connectivity index (χ4v) is 5.10. The number of benzene rings is 3.